The van der Waals surface area contributed by atoms with Crippen LogP contribution in [0.25, 0.3) is 0 Å². The summed E-state index contributed by atoms with van der Waals surface area (Å²) >= 11 is 0. The van der Waals surface area contributed by atoms with Gasteiger partial charge in [0.05, 0.1) is 20.8 Å². The van der Waals surface area contributed by atoms with Crippen molar-refractivity contribution in [1.29, 1.82) is 0 Å². The third-order valence-corrected chi connectivity index (χ3v) is 8.73. The summed E-state index contributed by atoms with van der Waals surface area (Å²) in [6.07, 6.45) is 1.27. The summed E-state index contributed by atoms with van der Waals surface area (Å²) in [6.45, 7) is 1.17. The van der Waals surface area contributed by atoms with Crippen molar-refractivity contribution < 1.29 is 42.9 Å². The molecule has 0 radical (unpaired) electrons. The van der Waals surface area contributed by atoms with Gasteiger partial charge in [0.1, 0.15) is 35.6 Å². The molecule has 48 heavy (non-hydrogen) atoms. The van der Waals surface area contributed by atoms with Gasteiger partial charge >= 0.3 is 0 Å². The van der Waals surface area contributed by atoms with Crippen molar-refractivity contribution in [3.05, 3.63) is 71.8 Å². The highest BCUT2D eigenvalue weighted by atomic mass is 16.5. The van der Waals surface area contributed by atoms with Gasteiger partial charge in [-0.2, -0.15) is 0 Å². The monoisotopic (exact) mass is 658 g/mol. The van der Waals surface area contributed by atoms with E-state index in [0.29, 0.717) is 58.5 Å². The van der Waals surface area contributed by atoms with Crippen molar-refractivity contribution in [1.82, 2.24) is 20.9 Å². The molecule has 9 rings (SSSR count). The minimum absolute atomic E-state index is 0.133. The van der Waals surface area contributed by atoms with Crippen LogP contribution in [-0.4, -0.2) is 80.6 Å². The van der Waals surface area contributed by atoms with Crippen LogP contribution in [0.2, 0.25) is 0 Å². The second kappa shape index (κ2) is 14.1. The van der Waals surface area contributed by atoms with Gasteiger partial charge in [-0.3, -0.25) is 19.2 Å². The fraction of sp³-hybridized carbons (Fsp3) is 0.371. The van der Waals surface area contributed by atoms with Gasteiger partial charge in [0.2, 0.25) is 11.8 Å². The number of carbonyl (C=O) groups is 4. The van der Waals surface area contributed by atoms with Gasteiger partial charge < -0.3 is 44.5 Å². The molecule has 6 heterocycles. The Morgan fingerprint density at radius 2 is 1.60 bits per heavy atom. The van der Waals surface area contributed by atoms with Crippen LogP contribution in [0.15, 0.2) is 60.7 Å². The van der Waals surface area contributed by atoms with E-state index in [1.54, 1.807) is 65.6 Å². The molecule has 2 fully saturated rings. The molecular weight excluding hydrogens is 620 g/mol. The van der Waals surface area contributed by atoms with E-state index in [9.17, 15) is 19.2 Å². The molecule has 6 aliphatic heterocycles. The Kier molecular flexibility index (Phi) is 9.55. The smallest absolute Gasteiger partial charge is 0.264 e. The minimum atomic E-state index is -1.27. The number of ether oxygens (including phenoxy) is 5. The zero-order chi connectivity index (χ0) is 33.7. The van der Waals surface area contributed by atoms with E-state index in [0.717, 1.165) is 0 Å². The molecule has 2 saturated heterocycles. The Morgan fingerprint density at radius 1 is 0.875 bits per heavy atom. The van der Waals surface area contributed by atoms with Crippen LogP contribution in [0.3, 0.4) is 0 Å². The Balaban J connectivity index is 1.27. The average Bonchev–Trinajstić information content (AvgIpc) is 3.55. The standard InChI is InChI=1S/C35H38N4O9/c1-44-28-11-4-22-19-30(28)47-26-5-3-23(29(20-26)45-2)21-37-34(43)35(13-16-39(17-14-35)33(42)27-10-12-31(40)38-27)48-25-8-6-24(7-9-25)46-18-15-36-32(22)41/h3-9,11,19-20,27H,10,12-18,21H2,1-2H3,(H,36,41)(H,37,43)(H,38,40). The predicted octanol–water partition coefficient (Wildman–Crippen LogP) is 2.95. The van der Waals surface area contributed by atoms with Crippen molar-refractivity contribution in [2.24, 2.45) is 0 Å². The van der Waals surface area contributed by atoms with Crippen molar-refractivity contribution in [2.75, 3.05) is 40.5 Å². The summed E-state index contributed by atoms with van der Waals surface area (Å²) < 4.78 is 29.5. The van der Waals surface area contributed by atoms with Crippen LogP contribution in [0, 0.1) is 0 Å². The Hall–Kier alpha value is -5.46. The van der Waals surface area contributed by atoms with E-state index in [2.05, 4.69) is 16.0 Å². The maximum Gasteiger partial charge on any atom is 0.264 e. The first-order chi connectivity index (χ1) is 23.3. The lowest BCUT2D eigenvalue weighted by molar-refractivity contribution is -0.147. The lowest BCUT2D eigenvalue weighted by Gasteiger charge is -2.41. The SMILES string of the molecule is COc1cc2ccc1CNC(=O)C1(CCN(C(=O)C3CCC(=O)N3)CC1)Oc1ccc(cc1)OCCNC(=O)c1ccc(OC)c(c1)O2. The van der Waals surface area contributed by atoms with E-state index < -0.39 is 11.6 Å². The summed E-state index contributed by atoms with van der Waals surface area (Å²) in [5.41, 5.74) is -0.186. The molecule has 252 valence electrons. The molecule has 1 atom stereocenters. The maximum atomic E-state index is 14.0. The van der Waals surface area contributed by atoms with Crippen molar-refractivity contribution in [3.8, 4) is 34.5 Å². The third-order valence-electron chi connectivity index (χ3n) is 8.73. The van der Waals surface area contributed by atoms with Gasteiger partial charge in [-0.15, -0.1) is 0 Å². The van der Waals surface area contributed by atoms with Crippen LogP contribution < -0.4 is 39.6 Å². The minimum Gasteiger partial charge on any atom is -0.496 e. The molecule has 1 spiro atoms. The summed E-state index contributed by atoms with van der Waals surface area (Å²) in [5, 5.41) is 8.60. The van der Waals surface area contributed by atoms with Crippen molar-refractivity contribution in [2.45, 2.75) is 43.9 Å². The summed E-state index contributed by atoms with van der Waals surface area (Å²) in [7, 11) is 3.04. The highest BCUT2D eigenvalue weighted by molar-refractivity contribution is 5.95. The molecule has 13 nitrogen and oxygen atoms in total. The molecule has 3 aromatic carbocycles. The van der Waals surface area contributed by atoms with Crippen molar-refractivity contribution >= 4 is 23.6 Å². The molecule has 4 amide bonds. The Morgan fingerprint density at radius 3 is 2.31 bits per heavy atom. The first-order valence-corrected chi connectivity index (χ1v) is 15.9. The molecular formula is C35H38N4O9. The highest BCUT2D eigenvalue weighted by Gasteiger charge is 2.46. The van der Waals surface area contributed by atoms with Gasteiger partial charge in [0, 0.05) is 56.1 Å². The lowest BCUT2D eigenvalue weighted by atomic mass is 9.89. The number of rotatable bonds is 3. The fourth-order valence-electron chi connectivity index (χ4n) is 6.04. The zero-order valence-electron chi connectivity index (χ0n) is 26.8. The van der Waals surface area contributed by atoms with E-state index in [-0.39, 0.29) is 69.3 Å². The topological polar surface area (TPSA) is 154 Å². The van der Waals surface area contributed by atoms with E-state index in [1.165, 1.54) is 14.2 Å². The lowest BCUT2D eigenvalue weighted by Crippen LogP contribution is -2.59. The molecule has 3 aromatic rings. The number of benzene rings is 3. The number of hydrogen-bond acceptors (Lipinski definition) is 9. The van der Waals surface area contributed by atoms with Crippen LogP contribution in [-0.2, 0) is 20.9 Å². The quantitative estimate of drug-likeness (QED) is 0.386. The summed E-state index contributed by atoms with van der Waals surface area (Å²) in [4.78, 5) is 53.4. The molecule has 0 aliphatic carbocycles. The molecule has 6 aliphatic rings. The number of nitrogens with zero attached hydrogens (tertiary/aromatic N) is 1. The van der Waals surface area contributed by atoms with E-state index in [1.807, 2.05) is 0 Å². The van der Waals surface area contributed by atoms with Crippen LogP contribution in [0.1, 0.15) is 41.6 Å². The third kappa shape index (κ3) is 7.09. The van der Waals surface area contributed by atoms with Crippen LogP contribution in [0.4, 0.5) is 0 Å². The first-order valence-electron chi connectivity index (χ1n) is 15.9. The maximum absolute atomic E-state index is 14.0. The second-order valence-electron chi connectivity index (χ2n) is 11.8. The van der Waals surface area contributed by atoms with Gasteiger partial charge in [0.25, 0.3) is 11.8 Å². The Labute approximate surface area is 277 Å². The number of carbonyl (C=O) groups excluding carboxylic acids is 4. The molecule has 0 saturated carbocycles. The first kappa shape index (κ1) is 32.5. The number of piperidine rings is 1. The van der Waals surface area contributed by atoms with Crippen LogP contribution in [0.5, 0.6) is 34.5 Å². The summed E-state index contributed by atoms with van der Waals surface area (Å²) in [5.74, 6) is 1.81. The number of likely N-dealkylation sites (tertiary alicyclic amines) is 1. The largest absolute Gasteiger partial charge is 0.496 e. The van der Waals surface area contributed by atoms with Gasteiger partial charge in [-0.1, -0.05) is 0 Å². The number of methoxy groups -OCH3 is 2. The highest BCUT2D eigenvalue weighted by Crippen LogP contribution is 2.36. The number of amides is 4. The number of hydrogen-bond donors (Lipinski definition) is 3. The van der Waals surface area contributed by atoms with Gasteiger partial charge in [-0.25, -0.2) is 0 Å². The molecule has 0 aromatic heterocycles. The van der Waals surface area contributed by atoms with E-state index in [4.69, 9.17) is 23.7 Å². The predicted molar refractivity (Wildman–Crippen MR) is 173 cm³/mol. The van der Waals surface area contributed by atoms with Crippen LogP contribution >= 0.6 is 0 Å². The summed E-state index contributed by atoms with van der Waals surface area (Å²) in [6, 6.07) is 16.5. The molecule has 3 N–H and O–H groups in total. The molecule has 1 unspecified atom stereocenters. The van der Waals surface area contributed by atoms with Crippen molar-refractivity contribution in [3.63, 3.8) is 0 Å². The molecule has 13 heteroatoms. The Bertz CT molecular complexity index is 1690. The second-order valence-corrected chi connectivity index (χ2v) is 11.8. The zero-order valence-corrected chi connectivity index (χ0v) is 26.8. The average molecular weight is 659 g/mol. The fourth-order valence-corrected chi connectivity index (χ4v) is 6.04. The van der Waals surface area contributed by atoms with Gasteiger partial charge in [0.15, 0.2) is 17.1 Å². The van der Waals surface area contributed by atoms with E-state index >= 15 is 0 Å². The molecule has 6 bridgehead atoms. The van der Waals surface area contributed by atoms with Gasteiger partial charge in [-0.05, 0) is 61.0 Å². The number of nitrogens with one attached hydrogen (secondary N) is 3. The normalized spacial score (nSPS) is 19.4.